The van der Waals surface area contributed by atoms with Gasteiger partial charge in [0, 0.05) is 0 Å². The van der Waals surface area contributed by atoms with Crippen LogP contribution >= 0.6 is 0 Å². The third-order valence-corrected chi connectivity index (χ3v) is 9.04. The minimum Gasteiger partial charge on any atom is -0.870 e. The van der Waals surface area contributed by atoms with Crippen LogP contribution in [-0.4, -0.2) is 90.0 Å². The maximum absolute atomic E-state index is 11.9. The molecule has 0 aliphatic carbocycles. The quantitative estimate of drug-likeness (QED) is 0.0643. The Morgan fingerprint density at radius 1 is 0.683 bits per heavy atom. The summed E-state index contributed by atoms with van der Waals surface area (Å²) >= 11 is 0. The fourth-order valence-electron chi connectivity index (χ4n) is 4.21. The molecule has 0 fully saturated rings. The van der Waals surface area contributed by atoms with Gasteiger partial charge in [-0.05, 0) is 33.6 Å². The minimum absolute atomic E-state index is 0. The molecule has 252 valence electrons. The molecule has 2 N–H and O–H groups in total. The summed E-state index contributed by atoms with van der Waals surface area (Å²) in [5, 5.41) is 0. The molecule has 0 saturated heterocycles. The number of quaternary nitrogens is 2. The van der Waals surface area contributed by atoms with Crippen LogP contribution in [0.1, 0.15) is 118 Å². The highest BCUT2D eigenvalue weighted by molar-refractivity contribution is 7.84. The van der Waals surface area contributed by atoms with Crippen molar-refractivity contribution in [3.05, 3.63) is 0 Å². The van der Waals surface area contributed by atoms with Gasteiger partial charge in [-0.25, -0.2) is 8.68 Å². The number of halogens is 4. The van der Waals surface area contributed by atoms with Gasteiger partial charge in [-0.1, -0.05) is 84.0 Å². The number of ether oxygens (including phenoxy) is 1. The molecule has 41 heavy (non-hydrogen) atoms. The van der Waals surface area contributed by atoms with E-state index in [1.165, 1.54) is 96.4 Å². The summed E-state index contributed by atoms with van der Waals surface area (Å²) in [6.45, 7) is 10.1. The van der Waals surface area contributed by atoms with Gasteiger partial charge in [0.25, 0.3) is 0 Å². The summed E-state index contributed by atoms with van der Waals surface area (Å²) in [7, 11) is -1.72. The lowest BCUT2D eigenvalue weighted by Gasteiger charge is -2.32. The summed E-state index contributed by atoms with van der Waals surface area (Å²) in [4.78, 5) is 10.9. The van der Waals surface area contributed by atoms with E-state index in [2.05, 4.69) is 32.8 Å². The Balaban J connectivity index is -0.000000288. The highest BCUT2D eigenvalue weighted by Crippen LogP contribution is 2.14. The topological polar surface area (TPSA) is 102 Å². The van der Waals surface area contributed by atoms with Crippen LogP contribution in [0.25, 0.3) is 0 Å². The van der Waals surface area contributed by atoms with Crippen LogP contribution in [-0.2, 0) is 14.9 Å². The Morgan fingerprint density at radius 3 is 1.22 bits per heavy atom. The van der Waals surface area contributed by atoms with Gasteiger partial charge in [0.15, 0.2) is 0 Å². The van der Waals surface area contributed by atoms with E-state index in [-0.39, 0.29) is 9.36 Å². The van der Waals surface area contributed by atoms with Crippen LogP contribution in [0, 0.1) is 0 Å². The van der Waals surface area contributed by atoms with E-state index in [1.54, 1.807) is 20.8 Å². The molecule has 0 heterocycles. The van der Waals surface area contributed by atoms with E-state index in [1.807, 2.05) is 4.72 Å². The van der Waals surface area contributed by atoms with E-state index < -0.39 is 23.6 Å². The Labute approximate surface area is 249 Å². The summed E-state index contributed by atoms with van der Waals surface area (Å²) in [6.07, 6.45) is 19.4. The highest BCUT2D eigenvalue weighted by Gasteiger charge is 2.39. The van der Waals surface area contributed by atoms with Gasteiger partial charge in [0.2, 0.25) is 0 Å². The fraction of sp³-hybridized carbons (Fsp3) is 0.963. The Morgan fingerprint density at radius 2 is 0.976 bits per heavy atom. The zero-order valence-electron chi connectivity index (χ0n) is 27.2. The van der Waals surface area contributed by atoms with Crippen molar-refractivity contribution in [3.8, 4) is 0 Å². The molecule has 0 saturated carbocycles. The molecule has 0 spiro atoms. The standard InChI is InChI=1S/C19H42N.C8H18N2O4S.BF4.H2O/c1-5-6-7-8-9-10-11-12-13-14-15-16-17-18-19-20(2,3)4;1-5-10(6-2,7-3)15(12,13)9-8(11)14-4;2-1(3,4)5;/h5-19H2,1-4H3;5-7H2,1-4H3;;1H2/q+1;;-1;. The van der Waals surface area contributed by atoms with Crippen LogP contribution in [0.4, 0.5) is 22.1 Å². The second-order valence-electron chi connectivity index (χ2n) is 11.2. The predicted molar refractivity (Wildman–Crippen MR) is 162 cm³/mol. The Hall–Kier alpha value is -1.12. The summed E-state index contributed by atoms with van der Waals surface area (Å²) in [5.41, 5.74) is 0. The average molecular weight is 628 g/mol. The van der Waals surface area contributed by atoms with Crippen LogP contribution in [0.15, 0.2) is 0 Å². The van der Waals surface area contributed by atoms with Crippen molar-refractivity contribution in [1.82, 2.24) is 4.72 Å². The smallest absolute Gasteiger partial charge is 0.673 e. The second-order valence-corrected chi connectivity index (χ2v) is 13.1. The average Bonchev–Trinajstić information content (AvgIpc) is 2.84. The first-order valence-electron chi connectivity index (χ1n) is 15.1. The zero-order chi connectivity index (χ0) is 31.7. The Kier molecular flexibility index (Phi) is 30.3. The van der Waals surface area contributed by atoms with Crippen molar-refractivity contribution < 1.29 is 49.1 Å². The summed E-state index contributed by atoms with van der Waals surface area (Å²) in [6, 6.07) is 0. The molecule has 0 atom stereocenters. The molecule has 0 unspecified atom stereocenters. The summed E-state index contributed by atoms with van der Waals surface area (Å²) < 4.78 is 69.9. The van der Waals surface area contributed by atoms with Crippen molar-refractivity contribution >= 4 is 23.6 Å². The first kappa shape index (κ1) is 46.8. The predicted octanol–water partition coefficient (Wildman–Crippen LogP) is 7.76. The van der Waals surface area contributed by atoms with Gasteiger partial charge in [0.05, 0.1) is 54.4 Å². The molecule has 0 aromatic carbocycles. The van der Waals surface area contributed by atoms with Crippen LogP contribution in [0.2, 0.25) is 0 Å². The molecule has 0 radical (unpaired) electrons. The van der Waals surface area contributed by atoms with Crippen molar-refractivity contribution in [1.29, 1.82) is 0 Å². The Bertz CT molecular complexity index is 692. The maximum atomic E-state index is 11.9. The summed E-state index contributed by atoms with van der Waals surface area (Å²) in [5.74, 6) is 0. The molecule has 0 aliphatic rings. The number of nitrogens with one attached hydrogen (secondary N) is 1. The zero-order valence-corrected chi connectivity index (χ0v) is 28.0. The van der Waals surface area contributed by atoms with E-state index in [4.69, 9.17) is 0 Å². The number of rotatable bonds is 20. The number of nitrogens with zero attached hydrogens (tertiary/aromatic N) is 2. The number of unbranched alkanes of at least 4 members (excludes halogenated alkanes) is 13. The molecular formula is C27H62BF4N3O5S. The monoisotopic (exact) mass is 627 g/mol. The molecule has 0 rings (SSSR count). The van der Waals surface area contributed by atoms with Gasteiger partial charge in [-0.15, -0.1) is 0 Å². The molecule has 0 aromatic heterocycles. The highest BCUT2D eigenvalue weighted by atomic mass is 32.2. The van der Waals surface area contributed by atoms with Crippen molar-refractivity contribution in [2.45, 2.75) is 118 Å². The lowest BCUT2D eigenvalue weighted by atomic mass is 10.0. The van der Waals surface area contributed by atoms with Crippen LogP contribution in [0.3, 0.4) is 0 Å². The maximum Gasteiger partial charge on any atom is 0.673 e. The number of amides is 1. The third-order valence-electron chi connectivity index (χ3n) is 6.82. The first-order chi connectivity index (χ1) is 18.4. The van der Waals surface area contributed by atoms with Gasteiger partial charge in [-0.2, -0.15) is 13.1 Å². The molecule has 0 aromatic rings. The number of hydrogen-bond acceptors (Lipinski definition) is 5. The number of methoxy groups -OCH3 is 1. The lowest BCUT2D eigenvalue weighted by Crippen LogP contribution is -2.58. The molecule has 0 bridgehead atoms. The van der Waals surface area contributed by atoms with Crippen molar-refractivity contribution in [2.24, 2.45) is 0 Å². The minimum atomic E-state index is -6.00. The molecular weight excluding hydrogens is 565 g/mol. The van der Waals surface area contributed by atoms with Gasteiger partial charge >= 0.3 is 23.6 Å². The number of carbonyl (C=O) groups is 1. The van der Waals surface area contributed by atoms with E-state index in [0.29, 0.717) is 19.6 Å². The van der Waals surface area contributed by atoms with E-state index in [9.17, 15) is 30.5 Å². The van der Waals surface area contributed by atoms with Gasteiger partial charge in [-0.3, -0.25) is 0 Å². The largest absolute Gasteiger partial charge is 0.870 e. The lowest BCUT2D eigenvalue weighted by molar-refractivity contribution is -0.870. The van der Waals surface area contributed by atoms with Gasteiger partial charge < -0.3 is 32.0 Å². The van der Waals surface area contributed by atoms with Crippen molar-refractivity contribution in [2.75, 3.05) is 54.4 Å². The third kappa shape index (κ3) is 31.6. The van der Waals surface area contributed by atoms with E-state index in [0.717, 1.165) is 11.6 Å². The normalized spacial score (nSPS) is 11.8. The second kappa shape index (κ2) is 26.5. The molecule has 8 nitrogen and oxygen atoms in total. The SMILES string of the molecule is CCCCCCCCCCCCCCCC[N+](C)(C)C.CC[N+](CC)(CC)S(=O)(=O)NC(=O)OC.F[B-](F)(F)F.[OH-]. The first-order valence-corrected chi connectivity index (χ1v) is 16.5. The molecule has 0 aliphatic heterocycles. The fourth-order valence-corrected chi connectivity index (χ4v) is 5.71. The van der Waals surface area contributed by atoms with Gasteiger partial charge in [0.1, 0.15) is 0 Å². The van der Waals surface area contributed by atoms with E-state index >= 15 is 0 Å². The molecule has 1 amide bonds. The van der Waals surface area contributed by atoms with Crippen LogP contribution in [0.5, 0.6) is 0 Å². The van der Waals surface area contributed by atoms with Crippen LogP contribution < -0.4 is 4.72 Å². The molecule has 14 heteroatoms. The number of carbonyl (C=O) groups excluding carboxylic acids is 1. The van der Waals surface area contributed by atoms with Crippen molar-refractivity contribution in [3.63, 3.8) is 0 Å². The number of hydrogen-bond donors (Lipinski definition) is 1.